The molecule has 1 amide bonds. The number of cyclic esters (lactones) is 1. The van der Waals surface area contributed by atoms with Crippen LogP contribution in [0.4, 0.5) is 22.4 Å². The molecule has 3 nitrogen and oxygen atoms in total. The molecular formula is C10H8ClF4NO2. The second-order valence-electron chi connectivity index (χ2n) is 3.58. The highest BCUT2D eigenvalue weighted by Crippen LogP contribution is 2.35. The van der Waals surface area contributed by atoms with E-state index in [0.717, 1.165) is 12.1 Å². The van der Waals surface area contributed by atoms with Crippen LogP contribution in [0.2, 0.25) is 0 Å². The number of hydrogen-bond donors (Lipinski definition) is 1. The molecule has 100 valence electrons. The summed E-state index contributed by atoms with van der Waals surface area (Å²) < 4.78 is 57.1. The standard InChI is InChI=1S/C10H7F4NO2.ClH/c11-5-1-2-7(12)6(3-5)8-10(13,14)4-17-9(16)15-8;/h1-3,8H,4H2,(H,15,16);1H/t8-;/m1./s1. The SMILES string of the molecule is Cl.O=C1N[C@H](c2cc(F)ccc2F)C(F)(F)CO1. The highest BCUT2D eigenvalue weighted by molar-refractivity contribution is 5.85. The van der Waals surface area contributed by atoms with Crippen LogP contribution in [0.3, 0.4) is 0 Å². The molecule has 1 aromatic carbocycles. The Morgan fingerprint density at radius 3 is 2.67 bits per heavy atom. The summed E-state index contributed by atoms with van der Waals surface area (Å²) in [4.78, 5) is 10.8. The summed E-state index contributed by atoms with van der Waals surface area (Å²) in [7, 11) is 0. The van der Waals surface area contributed by atoms with E-state index in [1.165, 1.54) is 0 Å². The van der Waals surface area contributed by atoms with Gasteiger partial charge < -0.3 is 10.1 Å². The summed E-state index contributed by atoms with van der Waals surface area (Å²) in [6.07, 6.45) is -1.09. The monoisotopic (exact) mass is 285 g/mol. The molecule has 1 atom stereocenters. The number of rotatable bonds is 1. The van der Waals surface area contributed by atoms with Gasteiger partial charge in [-0.2, -0.15) is 0 Å². The molecule has 1 aliphatic rings. The van der Waals surface area contributed by atoms with E-state index in [4.69, 9.17) is 0 Å². The Morgan fingerprint density at radius 2 is 2.00 bits per heavy atom. The first-order valence-electron chi connectivity index (χ1n) is 4.66. The first-order valence-corrected chi connectivity index (χ1v) is 4.66. The maximum Gasteiger partial charge on any atom is 0.408 e. The molecule has 0 bridgehead atoms. The number of alkyl carbamates (subject to hydrolysis) is 1. The molecule has 0 unspecified atom stereocenters. The van der Waals surface area contributed by atoms with E-state index in [1.807, 2.05) is 0 Å². The van der Waals surface area contributed by atoms with Crippen molar-refractivity contribution < 1.29 is 27.1 Å². The lowest BCUT2D eigenvalue weighted by molar-refractivity contribution is -0.105. The summed E-state index contributed by atoms with van der Waals surface area (Å²) in [5, 5.41) is 1.77. The van der Waals surface area contributed by atoms with Crippen molar-refractivity contribution in [2.45, 2.75) is 12.0 Å². The van der Waals surface area contributed by atoms with Gasteiger partial charge in [0.05, 0.1) is 0 Å². The average molecular weight is 286 g/mol. The van der Waals surface area contributed by atoms with Crippen LogP contribution in [0, 0.1) is 11.6 Å². The molecular weight excluding hydrogens is 278 g/mol. The third-order valence-corrected chi connectivity index (χ3v) is 2.35. The van der Waals surface area contributed by atoms with Crippen LogP contribution in [0.25, 0.3) is 0 Å². The van der Waals surface area contributed by atoms with Crippen molar-refractivity contribution in [3.63, 3.8) is 0 Å². The third kappa shape index (κ3) is 2.66. The number of hydrogen-bond acceptors (Lipinski definition) is 2. The van der Waals surface area contributed by atoms with Gasteiger partial charge in [-0.15, -0.1) is 12.4 Å². The largest absolute Gasteiger partial charge is 0.443 e. The summed E-state index contributed by atoms with van der Waals surface area (Å²) in [5.74, 6) is -5.38. The van der Waals surface area contributed by atoms with E-state index in [9.17, 15) is 22.4 Å². The maximum atomic E-state index is 13.4. The first-order chi connectivity index (χ1) is 7.90. The highest BCUT2D eigenvalue weighted by Gasteiger charge is 2.47. The van der Waals surface area contributed by atoms with Crippen molar-refractivity contribution in [1.29, 1.82) is 0 Å². The number of carbonyl (C=O) groups is 1. The van der Waals surface area contributed by atoms with Crippen molar-refractivity contribution in [3.8, 4) is 0 Å². The number of benzene rings is 1. The van der Waals surface area contributed by atoms with E-state index < -0.39 is 41.9 Å². The van der Waals surface area contributed by atoms with Crippen LogP contribution in [0.5, 0.6) is 0 Å². The Balaban J connectivity index is 0.00000162. The molecule has 1 aromatic rings. The molecule has 0 aliphatic carbocycles. The molecule has 1 heterocycles. The fraction of sp³-hybridized carbons (Fsp3) is 0.300. The smallest absolute Gasteiger partial charge is 0.408 e. The van der Waals surface area contributed by atoms with Crippen molar-refractivity contribution in [2.75, 3.05) is 6.61 Å². The zero-order chi connectivity index (χ0) is 12.6. The predicted molar refractivity (Wildman–Crippen MR) is 55.8 cm³/mol. The Bertz CT molecular complexity index is 469. The zero-order valence-corrected chi connectivity index (χ0v) is 9.57. The van der Waals surface area contributed by atoms with Crippen LogP contribution in [-0.2, 0) is 4.74 Å². The van der Waals surface area contributed by atoms with Crippen LogP contribution in [0.15, 0.2) is 18.2 Å². The van der Waals surface area contributed by atoms with Crippen LogP contribution >= 0.6 is 12.4 Å². The van der Waals surface area contributed by atoms with Gasteiger partial charge in [-0.05, 0) is 18.2 Å². The van der Waals surface area contributed by atoms with Crippen LogP contribution in [-0.4, -0.2) is 18.6 Å². The highest BCUT2D eigenvalue weighted by atomic mass is 35.5. The Morgan fingerprint density at radius 1 is 1.33 bits per heavy atom. The van der Waals surface area contributed by atoms with Gasteiger partial charge in [0.15, 0.2) is 6.61 Å². The molecule has 8 heteroatoms. The normalized spacial score (nSPS) is 21.6. The summed E-state index contributed by atoms with van der Waals surface area (Å²) >= 11 is 0. The summed E-state index contributed by atoms with van der Waals surface area (Å²) in [5.41, 5.74) is -0.605. The number of nitrogens with one attached hydrogen (secondary N) is 1. The van der Waals surface area contributed by atoms with Gasteiger partial charge in [0, 0.05) is 5.56 Å². The van der Waals surface area contributed by atoms with Crippen molar-refractivity contribution in [1.82, 2.24) is 5.32 Å². The van der Waals surface area contributed by atoms with Crippen molar-refractivity contribution in [2.24, 2.45) is 0 Å². The van der Waals surface area contributed by atoms with Gasteiger partial charge in [-0.25, -0.2) is 22.4 Å². The molecule has 2 rings (SSSR count). The van der Waals surface area contributed by atoms with Gasteiger partial charge in [-0.1, -0.05) is 0 Å². The van der Waals surface area contributed by atoms with E-state index >= 15 is 0 Å². The van der Waals surface area contributed by atoms with Crippen LogP contribution < -0.4 is 5.32 Å². The summed E-state index contributed by atoms with van der Waals surface area (Å²) in [6, 6.07) is 0.222. The summed E-state index contributed by atoms with van der Waals surface area (Å²) in [6.45, 7) is -1.17. The minimum absolute atomic E-state index is 0. The van der Waals surface area contributed by atoms with Crippen molar-refractivity contribution >= 4 is 18.5 Å². The Labute approximate surface area is 106 Å². The predicted octanol–water partition coefficient (Wildman–Crippen LogP) is 2.80. The second kappa shape index (κ2) is 5.01. The third-order valence-electron chi connectivity index (χ3n) is 2.35. The second-order valence-corrected chi connectivity index (χ2v) is 3.58. The Kier molecular flexibility index (Phi) is 4.05. The van der Waals surface area contributed by atoms with E-state index in [-0.39, 0.29) is 12.4 Å². The number of ether oxygens (including phenoxy) is 1. The van der Waals surface area contributed by atoms with Crippen LogP contribution in [0.1, 0.15) is 11.6 Å². The van der Waals surface area contributed by atoms with E-state index in [2.05, 4.69) is 4.74 Å². The molecule has 1 saturated heterocycles. The van der Waals surface area contributed by atoms with Gasteiger partial charge in [0.1, 0.15) is 17.7 Å². The molecule has 1 fully saturated rings. The number of halogens is 5. The minimum atomic E-state index is -3.50. The molecule has 0 spiro atoms. The fourth-order valence-electron chi connectivity index (χ4n) is 1.55. The quantitative estimate of drug-likeness (QED) is 0.806. The molecule has 0 saturated carbocycles. The Hall–Kier alpha value is -1.50. The van der Waals surface area contributed by atoms with E-state index in [1.54, 1.807) is 5.32 Å². The topological polar surface area (TPSA) is 38.3 Å². The fourth-order valence-corrected chi connectivity index (χ4v) is 1.55. The lowest BCUT2D eigenvalue weighted by Gasteiger charge is -2.31. The molecule has 0 aromatic heterocycles. The molecule has 18 heavy (non-hydrogen) atoms. The van der Waals surface area contributed by atoms with Crippen molar-refractivity contribution in [3.05, 3.63) is 35.4 Å². The number of carbonyl (C=O) groups excluding carboxylic acids is 1. The minimum Gasteiger partial charge on any atom is -0.443 e. The zero-order valence-electron chi connectivity index (χ0n) is 8.75. The molecule has 0 radical (unpaired) electrons. The lowest BCUT2D eigenvalue weighted by atomic mass is 9.99. The van der Waals surface area contributed by atoms with Gasteiger partial charge in [0.2, 0.25) is 0 Å². The maximum absolute atomic E-state index is 13.4. The number of alkyl halides is 2. The first kappa shape index (κ1) is 14.6. The van der Waals surface area contributed by atoms with Gasteiger partial charge in [-0.3, -0.25) is 0 Å². The van der Waals surface area contributed by atoms with E-state index in [0.29, 0.717) is 6.07 Å². The lowest BCUT2D eigenvalue weighted by Crippen LogP contribution is -2.49. The molecule has 1 aliphatic heterocycles. The van der Waals surface area contributed by atoms with Gasteiger partial charge in [0.25, 0.3) is 0 Å². The van der Waals surface area contributed by atoms with Gasteiger partial charge >= 0.3 is 12.0 Å². The molecule has 1 N–H and O–H groups in total. The number of amides is 1. The average Bonchev–Trinajstić information content (AvgIpc) is 2.26.